The molecule has 35 heavy (non-hydrogen) atoms. The second kappa shape index (κ2) is 9.82. The molecule has 180 valence electrons. The summed E-state index contributed by atoms with van der Waals surface area (Å²) in [6.07, 6.45) is 0.801. The number of amides is 1. The third-order valence-corrected chi connectivity index (χ3v) is 6.69. The van der Waals surface area contributed by atoms with Crippen molar-refractivity contribution in [2.45, 2.75) is 19.4 Å². The number of Topliss-reactive ketones (excluding diaryl/α,β-unsaturated/α-hetero) is 1. The van der Waals surface area contributed by atoms with Crippen LogP contribution in [0.25, 0.3) is 5.76 Å². The average molecular weight is 533 g/mol. The van der Waals surface area contributed by atoms with E-state index in [0.717, 1.165) is 12.0 Å². The molecule has 6 nitrogen and oxygen atoms in total. The molecule has 1 unspecified atom stereocenters. The SMILES string of the molecule is CCc1ccc(N2C(=O)C(=O)/C(=C(/O)c3cc(Cl)c(OC)c(Cl)c3)C2c2ccc(O)c(Cl)c2)cc1. The first-order valence-electron chi connectivity index (χ1n) is 10.6. The standard InChI is InChI=1S/C26H20Cl3NO5/c1-3-13-4-7-16(8-5-13)30-22(14-6-9-20(31)17(27)10-14)21(24(33)26(30)34)23(32)15-11-18(28)25(35-2)19(29)12-15/h4-12,22,31-32H,3H2,1-2H3/b23-21+. The number of hydrogen-bond donors (Lipinski definition) is 2. The van der Waals surface area contributed by atoms with Crippen LogP contribution in [0.3, 0.4) is 0 Å². The Morgan fingerprint density at radius 1 is 0.971 bits per heavy atom. The largest absolute Gasteiger partial charge is 0.507 e. The Labute approximate surface area is 216 Å². The lowest BCUT2D eigenvalue weighted by Crippen LogP contribution is -2.29. The summed E-state index contributed by atoms with van der Waals surface area (Å²) in [7, 11) is 1.40. The highest BCUT2D eigenvalue weighted by Gasteiger charge is 2.47. The van der Waals surface area contributed by atoms with Crippen molar-refractivity contribution in [1.82, 2.24) is 0 Å². The summed E-state index contributed by atoms with van der Waals surface area (Å²) in [5.41, 5.74) is 1.89. The third-order valence-electron chi connectivity index (χ3n) is 5.83. The molecule has 1 aliphatic heterocycles. The predicted octanol–water partition coefficient (Wildman–Crippen LogP) is 6.55. The van der Waals surface area contributed by atoms with Gasteiger partial charge in [-0.25, -0.2) is 0 Å². The predicted molar refractivity (Wildman–Crippen MR) is 137 cm³/mol. The summed E-state index contributed by atoms with van der Waals surface area (Å²) in [4.78, 5) is 27.8. The van der Waals surface area contributed by atoms with E-state index in [1.54, 1.807) is 12.1 Å². The highest BCUT2D eigenvalue weighted by molar-refractivity contribution is 6.52. The Bertz CT molecular complexity index is 1340. The molecule has 0 aliphatic carbocycles. The number of anilines is 1. The summed E-state index contributed by atoms with van der Waals surface area (Å²) < 4.78 is 5.15. The van der Waals surface area contributed by atoms with Gasteiger partial charge in [-0.2, -0.15) is 0 Å². The molecule has 2 N–H and O–H groups in total. The number of aryl methyl sites for hydroxylation is 1. The summed E-state index contributed by atoms with van der Waals surface area (Å²) in [5, 5.41) is 21.4. The van der Waals surface area contributed by atoms with Gasteiger partial charge in [-0.3, -0.25) is 14.5 Å². The van der Waals surface area contributed by atoms with Gasteiger partial charge in [0.1, 0.15) is 11.5 Å². The van der Waals surface area contributed by atoms with E-state index in [0.29, 0.717) is 11.3 Å². The van der Waals surface area contributed by atoms with E-state index < -0.39 is 23.5 Å². The van der Waals surface area contributed by atoms with Gasteiger partial charge in [0, 0.05) is 11.3 Å². The fraction of sp³-hybridized carbons (Fsp3) is 0.154. The van der Waals surface area contributed by atoms with E-state index in [2.05, 4.69) is 0 Å². The first-order valence-corrected chi connectivity index (χ1v) is 11.7. The minimum atomic E-state index is -1.03. The first kappa shape index (κ1) is 24.9. The molecule has 0 bridgehead atoms. The number of ketones is 1. The molecular formula is C26H20Cl3NO5. The van der Waals surface area contributed by atoms with E-state index in [1.165, 1.54) is 42.3 Å². The summed E-state index contributed by atoms with van der Waals surface area (Å²) in [5.74, 6) is -2.12. The lowest BCUT2D eigenvalue weighted by Gasteiger charge is -2.26. The van der Waals surface area contributed by atoms with Crippen molar-refractivity contribution in [3.8, 4) is 11.5 Å². The van der Waals surface area contributed by atoms with Crippen molar-refractivity contribution in [2.24, 2.45) is 0 Å². The number of phenolic OH excluding ortho intramolecular Hbond substituents is 1. The van der Waals surface area contributed by atoms with E-state index >= 15 is 0 Å². The number of hydrogen-bond acceptors (Lipinski definition) is 5. The number of carbonyl (C=O) groups excluding carboxylic acids is 2. The molecular weight excluding hydrogens is 513 g/mol. The topological polar surface area (TPSA) is 87.1 Å². The second-order valence-electron chi connectivity index (χ2n) is 7.87. The quantitative estimate of drug-likeness (QED) is 0.221. The van der Waals surface area contributed by atoms with E-state index in [-0.39, 0.29) is 37.7 Å². The number of benzene rings is 3. The number of phenols is 1. The molecule has 0 spiro atoms. The number of ether oxygens (including phenoxy) is 1. The Hall–Kier alpha value is -3.19. The van der Waals surface area contributed by atoms with Crippen LogP contribution in [0, 0.1) is 0 Å². The summed E-state index contributed by atoms with van der Waals surface area (Å²) in [6, 6.07) is 13.3. The molecule has 0 radical (unpaired) electrons. The van der Waals surface area contributed by atoms with Crippen LogP contribution in [0.2, 0.25) is 15.1 Å². The molecule has 1 fully saturated rings. The Kier molecular flexibility index (Phi) is 6.99. The van der Waals surface area contributed by atoms with Crippen LogP contribution in [0.15, 0.2) is 60.2 Å². The average Bonchev–Trinajstić information content (AvgIpc) is 3.10. The smallest absolute Gasteiger partial charge is 0.300 e. The van der Waals surface area contributed by atoms with Crippen molar-refractivity contribution in [1.29, 1.82) is 0 Å². The number of carbonyl (C=O) groups is 2. The molecule has 4 rings (SSSR count). The lowest BCUT2D eigenvalue weighted by molar-refractivity contribution is -0.132. The van der Waals surface area contributed by atoms with Crippen LogP contribution in [-0.4, -0.2) is 29.0 Å². The normalized spacial score (nSPS) is 17.2. The van der Waals surface area contributed by atoms with Crippen molar-refractivity contribution < 1.29 is 24.5 Å². The Balaban J connectivity index is 1.96. The third kappa shape index (κ3) is 4.45. The van der Waals surface area contributed by atoms with Crippen molar-refractivity contribution >= 4 is 57.9 Å². The van der Waals surface area contributed by atoms with Gasteiger partial charge in [-0.1, -0.05) is 59.9 Å². The summed E-state index contributed by atoms with van der Waals surface area (Å²) >= 11 is 18.6. The Morgan fingerprint density at radius 3 is 2.14 bits per heavy atom. The maximum Gasteiger partial charge on any atom is 0.300 e. The van der Waals surface area contributed by atoms with Crippen LogP contribution in [-0.2, 0) is 16.0 Å². The number of halogens is 3. The molecule has 9 heteroatoms. The number of nitrogens with zero attached hydrogens (tertiary/aromatic N) is 1. The number of rotatable bonds is 5. The number of aliphatic hydroxyl groups is 1. The van der Waals surface area contributed by atoms with Gasteiger partial charge in [0.15, 0.2) is 5.75 Å². The van der Waals surface area contributed by atoms with Crippen molar-refractivity contribution in [2.75, 3.05) is 12.0 Å². The van der Waals surface area contributed by atoms with Crippen LogP contribution in [0.5, 0.6) is 11.5 Å². The van der Waals surface area contributed by atoms with Gasteiger partial charge in [-0.05, 0) is 53.9 Å². The molecule has 3 aromatic carbocycles. The molecule has 0 saturated carbocycles. The van der Waals surface area contributed by atoms with Gasteiger partial charge in [0.05, 0.1) is 33.8 Å². The monoisotopic (exact) mass is 531 g/mol. The molecule has 0 aromatic heterocycles. The molecule has 1 heterocycles. The molecule has 1 saturated heterocycles. The maximum absolute atomic E-state index is 13.3. The zero-order valence-corrected chi connectivity index (χ0v) is 20.9. The molecule has 1 amide bonds. The van der Waals surface area contributed by atoms with Crippen molar-refractivity contribution in [3.63, 3.8) is 0 Å². The van der Waals surface area contributed by atoms with Crippen LogP contribution < -0.4 is 9.64 Å². The highest BCUT2D eigenvalue weighted by atomic mass is 35.5. The van der Waals surface area contributed by atoms with Crippen LogP contribution >= 0.6 is 34.8 Å². The molecule has 3 aromatic rings. The van der Waals surface area contributed by atoms with Gasteiger partial charge in [0.25, 0.3) is 11.7 Å². The van der Waals surface area contributed by atoms with E-state index in [9.17, 15) is 19.8 Å². The zero-order chi connectivity index (χ0) is 25.4. The fourth-order valence-electron chi connectivity index (χ4n) is 4.05. The van der Waals surface area contributed by atoms with Gasteiger partial charge < -0.3 is 14.9 Å². The lowest BCUT2D eigenvalue weighted by atomic mass is 9.95. The van der Waals surface area contributed by atoms with Crippen molar-refractivity contribution in [3.05, 3.63) is 91.9 Å². The highest BCUT2D eigenvalue weighted by Crippen LogP contribution is 2.44. The number of aliphatic hydroxyl groups excluding tert-OH is 1. The van der Waals surface area contributed by atoms with Gasteiger partial charge >= 0.3 is 0 Å². The van der Waals surface area contributed by atoms with Gasteiger partial charge in [0.2, 0.25) is 0 Å². The minimum Gasteiger partial charge on any atom is -0.507 e. The molecule has 1 atom stereocenters. The van der Waals surface area contributed by atoms with E-state index in [1.807, 2.05) is 19.1 Å². The van der Waals surface area contributed by atoms with Gasteiger partial charge in [-0.15, -0.1) is 0 Å². The van der Waals surface area contributed by atoms with Crippen LogP contribution in [0.1, 0.15) is 29.7 Å². The number of aromatic hydroxyl groups is 1. The van der Waals surface area contributed by atoms with E-state index in [4.69, 9.17) is 39.5 Å². The molecule has 1 aliphatic rings. The fourth-order valence-corrected chi connectivity index (χ4v) is 4.88. The first-order chi connectivity index (χ1) is 16.7. The minimum absolute atomic E-state index is 0.0324. The van der Waals surface area contributed by atoms with Crippen LogP contribution in [0.4, 0.5) is 5.69 Å². The summed E-state index contributed by atoms with van der Waals surface area (Å²) in [6.45, 7) is 2.00. The number of methoxy groups -OCH3 is 1. The Morgan fingerprint density at radius 2 is 1.60 bits per heavy atom. The second-order valence-corrected chi connectivity index (χ2v) is 9.09. The maximum atomic E-state index is 13.3. The zero-order valence-electron chi connectivity index (χ0n) is 18.7.